The average Bonchev–Trinajstić information content (AvgIpc) is 2.68. The number of carbonyl (C=O) groups excluding carboxylic acids is 1. The van der Waals surface area contributed by atoms with Crippen LogP contribution in [0.1, 0.15) is 15.9 Å². The summed E-state index contributed by atoms with van der Waals surface area (Å²) in [5.74, 6) is -0.227. The molecule has 0 aliphatic heterocycles. The van der Waals surface area contributed by atoms with Crippen molar-refractivity contribution in [2.75, 3.05) is 0 Å². The number of hydrogen-bond acceptors (Lipinski definition) is 5. The molecule has 27 heavy (non-hydrogen) atoms. The van der Waals surface area contributed by atoms with Crippen LogP contribution in [0.25, 0.3) is 0 Å². The molecule has 0 spiro atoms. The maximum Gasteiger partial charge on any atom is 0.343 e. The fourth-order valence-electron chi connectivity index (χ4n) is 2.18. The molecule has 0 aliphatic rings. The van der Waals surface area contributed by atoms with E-state index in [4.69, 9.17) is 16.3 Å². The Hall–Kier alpha value is -3.51. The van der Waals surface area contributed by atoms with Crippen LogP contribution in [0.2, 0.25) is 5.02 Å². The lowest BCUT2D eigenvalue weighted by atomic mass is 10.2. The van der Waals surface area contributed by atoms with E-state index < -0.39 is 10.9 Å². The van der Waals surface area contributed by atoms with Gasteiger partial charge in [0.05, 0.1) is 16.2 Å². The molecule has 3 aromatic rings. The number of ether oxygens (including phenoxy) is 1. The van der Waals surface area contributed by atoms with Crippen molar-refractivity contribution in [3.8, 4) is 5.75 Å². The van der Waals surface area contributed by atoms with Gasteiger partial charge >= 0.3 is 5.97 Å². The van der Waals surface area contributed by atoms with Crippen molar-refractivity contribution in [1.82, 2.24) is 0 Å². The van der Waals surface area contributed by atoms with Crippen molar-refractivity contribution in [3.63, 3.8) is 0 Å². The average molecular weight is 381 g/mol. The number of nitro benzene ring substituents is 1. The van der Waals surface area contributed by atoms with Gasteiger partial charge in [0.2, 0.25) is 0 Å². The zero-order valence-corrected chi connectivity index (χ0v) is 14.7. The summed E-state index contributed by atoms with van der Waals surface area (Å²) in [6.45, 7) is 0. The molecular weight excluding hydrogens is 368 g/mol. The summed E-state index contributed by atoms with van der Waals surface area (Å²) in [5.41, 5.74) is 1.75. The smallest absolute Gasteiger partial charge is 0.343 e. The minimum Gasteiger partial charge on any atom is -0.423 e. The van der Waals surface area contributed by atoms with Crippen molar-refractivity contribution >= 4 is 35.2 Å². The Balaban J connectivity index is 1.63. The maximum absolute atomic E-state index is 12.1. The van der Waals surface area contributed by atoms with E-state index in [1.165, 1.54) is 24.3 Å². The number of hydrogen-bond donors (Lipinski definition) is 0. The van der Waals surface area contributed by atoms with Gasteiger partial charge in [-0.2, -0.15) is 0 Å². The Kier molecular flexibility index (Phi) is 5.58. The molecule has 7 heteroatoms. The maximum atomic E-state index is 12.1. The van der Waals surface area contributed by atoms with Gasteiger partial charge in [-0.25, -0.2) is 4.79 Å². The Morgan fingerprint density at radius 3 is 2.19 bits per heavy atom. The molecule has 0 unspecified atom stereocenters. The van der Waals surface area contributed by atoms with Gasteiger partial charge in [-0.1, -0.05) is 11.6 Å². The standard InChI is InChI=1S/C20H13ClN2O4/c21-16-5-7-17(8-6-16)22-13-14-1-11-19(12-2-14)27-20(24)15-3-9-18(10-4-15)23(25)26/h1-13H. The van der Waals surface area contributed by atoms with E-state index >= 15 is 0 Å². The predicted octanol–water partition coefficient (Wildman–Crippen LogP) is 5.22. The molecule has 0 aromatic heterocycles. The van der Waals surface area contributed by atoms with Gasteiger partial charge in [-0.15, -0.1) is 0 Å². The normalized spacial score (nSPS) is 10.7. The van der Waals surface area contributed by atoms with Crippen LogP contribution in [0.15, 0.2) is 77.8 Å². The first-order valence-electron chi connectivity index (χ1n) is 7.87. The summed E-state index contributed by atoms with van der Waals surface area (Å²) >= 11 is 5.83. The van der Waals surface area contributed by atoms with E-state index in [0.29, 0.717) is 10.8 Å². The highest BCUT2D eigenvalue weighted by molar-refractivity contribution is 6.30. The Labute approximate surface area is 159 Å². The van der Waals surface area contributed by atoms with Crippen LogP contribution in [0.4, 0.5) is 11.4 Å². The molecule has 0 amide bonds. The van der Waals surface area contributed by atoms with Gasteiger partial charge in [-0.3, -0.25) is 15.1 Å². The molecule has 0 fully saturated rings. The first kappa shape index (κ1) is 18.3. The van der Waals surface area contributed by atoms with Crippen LogP contribution >= 0.6 is 11.6 Å². The fourth-order valence-corrected chi connectivity index (χ4v) is 2.31. The molecule has 0 saturated heterocycles. The summed E-state index contributed by atoms with van der Waals surface area (Å²) < 4.78 is 5.26. The van der Waals surface area contributed by atoms with Crippen LogP contribution in [0.5, 0.6) is 5.75 Å². The first-order chi connectivity index (χ1) is 13.0. The summed E-state index contributed by atoms with van der Waals surface area (Å²) in [5, 5.41) is 11.3. The van der Waals surface area contributed by atoms with Gasteiger partial charge in [0.15, 0.2) is 0 Å². The lowest BCUT2D eigenvalue weighted by molar-refractivity contribution is -0.384. The molecule has 0 N–H and O–H groups in total. The van der Waals surface area contributed by atoms with Crippen LogP contribution in [-0.2, 0) is 0 Å². The number of nitro groups is 1. The van der Waals surface area contributed by atoms with Crippen molar-refractivity contribution in [1.29, 1.82) is 0 Å². The third-order valence-electron chi connectivity index (χ3n) is 3.59. The minimum atomic E-state index is -0.590. The molecule has 0 aliphatic carbocycles. The molecule has 134 valence electrons. The Morgan fingerprint density at radius 1 is 0.963 bits per heavy atom. The van der Waals surface area contributed by atoms with Gasteiger partial charge in [0.25, 0.3) is 5.69 Å². The van der Waals surface area contributed by atoms with E-state index in [9.17, 15) is 14.9 Å². The Morgan fingerprint density at radius 2 is 1.59 bits per heavy atom. The monoisotopic (exact) mass is 380 g/mol. The predicted molar refractivity (Wildman–Crippen MR) is 103 cm³/mol. The molecule has 0 saturated carbocycles. The van der Waals surface area contributed by atoms with Gasteiger partial charge in [-0.05, 0) is 66.2 Å². The van der Waals surface area contributed by atoms with E-state index in [-0.39, 0.29) is 11.3 Å². The summed E-state index contributed by atoms with van der Waals surface area (Å²) in [6, 6.07) is 19.2. The van der Waals surface area contributed by atoms with E-state index in [2.05, 4.69) is 4.99 Å². The minimum absolute atomic E-state index is 0.0872. The second kappa shape index (κ2) is 8.25. The number of esters is 1. The zero-order valence-electron chi connectivity index (χ0n) is 13.9. The topological polar surface area (TPSA) is 81.8 Å². The van der Waals surface area contributed by atoms with E-state index in [1.54, 1.807) is 54.7 Å². The highest BCUT2D eigenvalue weighted by atomic mass is 35.5. The fraction of sp³-hybridized carbons (Fsp3) is 0. The van der Waals surface area contributed by atoms with Crippen molar-refractivity contribution in [2.24, 2.45) is 4.99 Å². The van der Waals surface area contributed by atoms with Crippen LogP contribution < -0.4 is 4.74 Å². The van der Waals surface area contributed by atoms with E-state index in [0.717, 1.165) is 11.3 Å². The van der Waals surface area contributed by atoms with Crippen LogP contribution in [0.3, 0.4) is 0 Å². The lowest BCUT2D eigenvalue weighted by Gasteiger charge is -2.04. The molecule has 6 nitrogen and oxygen atoms in total. The van der Waals surface area contributed by atoms with Crippen molar-refractivity contribution in [3.05, 3.63) is 99.1 Å². The van der Waals surface area contributed by atoms with Crippen LogP contribution in [0, 0.1) is 10.1 Å². The number of aliphatic imine (C=N–C) groups is 1. The third-order valence-corrected chi connectivity index (χ3v) is 3.85. The lowest BCUT2D eigenvalue weighted by Crippen LogP contribution is -2.08. The van der Waals surface area contributed by atoms with E-state index in [1.807, 2.05) is 0 Å². The summed E-state index contributed by atoms with van der Waals surface area (Å²) in [4.78, 5) is 26.5. The molecule has 0 radical (unpaired) electrons. The molecule has 3 rings (SSSR count). The number of non-ortho nitro benzene ring substituents is 1. The zero-order chi connectivity index (χ0) is 19.2. The summed E-state index contributed by atoms with van der Waals surface area (Å²) in [6.07, 6.45) is 1.69. The molecule has 3 aromatic carbocycles. The van der Waals surface area contributed by atoms with Crippen molar-refractivity contribution < 1.29 is 14.5 Å². The molecule has 0 heterocycles. The second-order valence-electron chi connectivity index (χ2n) is 5.50. The number of nitrogens with zero attached hydrogens (tertiary/aromatic N) is 2. The highest BCUT2D eigenvalue weighted by Gasteiger charge is 2.11. The molecule has 0 atom stereocenters. The number of benzene rings is 3. The number of halogens is 1. The quantitative estimate of drug-likeness (QED) is 0.200. The number of carbonyl (C=O) groups is 1. The van der Waals surface area contributed by atoms with Crippen LogP contribution in [-0.4, -0.2) is 17.1 Å². The third kappa shape index (κ3) is 4.99. The molecule has 0 bridgehead atoms. The molecular formula is C20H13ClN2O4. The van der Waals surface area contributed by atoms with Crippen molar-refractivity contribution in [2.45, 2.75) is 0 Å². The highest BCUT2D eigenvalue weighted by Crippen LogP contribution is 2.18. The second-order valence-corrected chi connectivity index (χ2v) is 5.93. The first-order valence-corrected chi connectivity index (χ1v) is 8.25. The largest absolute Gasteiger partial charge is 0.423 e. The van der Waals surface area contributed by atoms with Gasteiger partial charge in [0.1, 0.15) is 5.75 Å². The Bertz CT molecular complexity index is 982. The SMILES string of the molecule is O=C(Oc1ccc(C=Nc2ccc(Cl)cc2)cc1)c1ccc([N+](=O)[O-])cc1. The summed E-state index contributed by atoms with van der Waals surface area (Å²) in [7, 11) is 0. The number of rotatable bonds is 5. The van der Waals surface area contributed by atoms with Gasteiger partial charge < -0.3 is 4.74 Å². The van der Waals surface area contributed by atoms with Gasteiger partial charge in [0, 0.05) is 23.4 Å².